The van der Waals surface area contributed by atoms with E-state index in [1.807, 2.05) is 0 Å². The van der Waals surface area contributed by atoms with Crippen molar-refractivity contribution in [2.45, 2.75) is 11.4 Å². The highest BCUT2D eigenvalue weighted by Crippen LogP contribution is 2.16. The van der Waals surface area contributed by atoms with Crippen LogP contribution in [0, 0.1) is 0 Å². The van der Waals surface area contributed by atoms with Crippen LogP contribution in [0.15, 0.2) is 11.2 Å². The first-order chi connectivity index (χ1) is 7.71. The molecule has 0 aliphatic rings. The molecule has 0 fully saturated rings. The first kappa shape index (κ1) is 13.4. The smallest absolute Gasteiger partial charge is 0.307 e. The van der Waals surface area contributed by atoms with Gasteiger partial charge in [-0.3, -0.25) is 4.79 Å². The van der Waals surface area contributed by atoms with Crippen LogP contribution in [0.5, 0.6) is 0 Å². The van der Waals surface area contributed by atoms with E-state index in [0.29, 0.717) is 0 Å². The zero-order valence-corrected chi connectivity index (χ0v) is 10.5. The van der Waals surface area contributed by atoms with E-state index >= 15 is 0 Å². The van der Waals surface area contributed by atoms with Gasteiger partial charge in [0, 0.05) is 32.1 Å². The molecule has 1 aromatic rings. The average molecular weight is 259 g/mol. The second-order valence-corrected chi connectivity index (χ2v) is 5.67. The third-order valence-electron chi connectivity index (χ3n) is 1.90. The topological polar surface area (TPSA) is 100 Å². The van der Waals surface area contributed by atoms with Crippen molar-refractivity contribution in [2.75, 3.05) is 25.3 Å². The summed E-state index contributed by atoms with van der Waals surface area (Å²) in [5.74, 6) is -0.907. The molecule has 1 aromatic heterocycles. The van der Waals surface area contributed by atoms with Crippen LogP contribution in [-0.4, -0.2) is 49.8 Å². The molecule has 0 saturated carbocycles. The second kappa shape index (κ2) is 4.66. The number of sulfone groups is 1. The van der Waals surface area contributed by atoms with Crippen LogP contribution in [0.3, 0.4) is 0 Å². The molecule has 0 saturated heterocycles. The van der Waals surface area contributed by atoms with Gasteiger partial charge >= 0.3 is 5.97 Å². The maximum Gasteiger partial charge on any atom is 0.307 e. The molecular formula is C9H13N3O4S. The molecule has 1 N–H and O–H groups in total. The first-order valence-corrected chi connectivity index (χ1v) is 6.56. The van der Waals surface area contributed by atoms with Gasteiger partial charge in [0.15, 0.2) is 14.9 Å². The number of carboxylic acids is 1. The number of hydrogen-bond donors (Lipinski definition) is 1. The number of anilines is 1. The predicted octanol–water partition coefficient (Wildman–Crippen LogP) is -0.427. The molecule has 8 heteroatoms. The molecule has 1 rings (SSSR count). The van der Waals surface area contributed by atoms with Gasteiger partial charge in [-0.1, -0.05) is 0 Å². The van der Waals surface area contributed by atoms with E-state index in [9.17, 15) is 13.2 Å². The molecule has 0 spiro atoms. The summed E-state index contributed by atoms with van der Waals surface area (Å²) >= 11 is 0. The van der Waals surface area contributed by atoms with Crippen molar-refractivity contribution in [1.29, 1.82) is 0 Å². The Hall–Kier alpha value is -1.70. The van der Waals surface area contributed by atoms with Crippen LogP contribution in [0.4, 0.5) is 5.95 Å². The van der Waals surface area contributed by atoms with Gasteiger partial charge in [-0.25, -0.2) is 18.4 Å². The molecule has 0 radical (unpaired) electrons. The fourth-order valence-electron chi connectivity index (χ4n) is 1.20. The maximum atomic E-state index is 11.5. The standard InChI is InChI=1S/C9H13N3O4S/c1-12(2)9-10-5-6(4-7(13)14)8(11-9)17(3,15)16/h5H,4H2,1-3H3,(H,13,14). The lowest BCUT2D eigenvalue weighted by Gasteiger charge is -2.12. The van der Waals surface area contributed by atoms with Crippen LogP contribution in [0.2, 0.25) is 0 Å². The molecule has 7 nitrogen and oxygen atoms in total. The second-order valence-electron chi connectivity index (χ2n) is 3.74. The molecular weight excluding hydrogens is 246 g/mol. The highest BCUT2D eigenvalue weighted by atomic mass is 32.2. The zero-order valence-electron chi connectivity index (χ0n) is 9.71. The van der Waals surface area contributed by atoms with Crippen LogP contribution < -0.4 is 4.90 Å². The van der Waals surface area contributed by atoms with E-state index in [1.165, 1.54) is 6.20 Å². The molecule has 1 heterocycles. The molecule has 0 aliphatic carbocycles. The van der Waals surface area contributed by atoms with Gasteiger partial charge in [0.25, 0.3) is 0 Å². The first-order valence-electron chi connectivity index (χ1n) is 4.67. The summed E-state index contributed by atoms with van der Waals surface area (Å²) in [6, 6.07) is 0. The summed E-state index contributed by atoms with van der Waals surface area (Å²) in [7, 11) is -0.246. The highest BCUT2D eigenvalue weighted by molar-refractivity contribution is 7.90. The summed E-state index contributed by atoms with van der Waals surface area (Å²) in [5, 5.41) is 8.44. The van der Waals surface area contributed by atoms with Crippen molar-refractivity contribution in [3.63, 3.8) is 0 Å². The Morgan fingerprint density at radius 1 is 1.47 bits per heavy atom. The van der Waals surface area contributed by atoms with Crippen molar-refractivity contribution in [2.24, 2.45) is 0 Å². The van der Waals surface area contributed by atoms with Gasteiger partial charge in [-0.2, -0.15) is 0 Å². The Bertz CT molecular complexity index is 539. The number of hydrogen-bond acceptors (Lipinski definition) is 6. The van der Waals surface area contributed by atoms with Crippen molar-refractivity contribution in [3.05, 3.63) is 11.8 Å². The molecule has 17 heavy (non-hydrogen) atoms. The fourth-order valence-corrected chi connectivity index (χ4v) is 2.05. The Kier molecular flexibility index (Phi) is 3.66. The number of aliphatic carboxylic acids is 1. The van der Waals surface area contributed by atoms with E-state index in [4.69, 9.17) is 5.11 Å². The highest BCUT2D eigenvalue weighted by Gasteiger charge is 2.19. The lowest BCUT2D eigenvalue weighted by atomic mass is 10.2. The molecule has 0 unspecified atom stereocenters. The minimum absolute atomic E-state index is 0.0885. The van der Waals surface area contributed by atoms with Gasteiger partial charge in [0.1, 0.15) is 0 Å². The fraction of sp³-hybridized carbons (Fsp3) is 0.444. The van der Waals surface area contributed by atoms with Crippen molar-refractivity contribution in [3.8, 4) is 0 Å². The Balaban J connectivity index is 3.37. The lowest BCUT2D eigenvalue weighted by Crippen LogP contribution is -2.17. The molecule has 0 aromatic carbocycles. The van der Waals surface area contributed by atoms with Gasteiger partial charge in [-0.15, -0.1) is 0 Å². The molecule has 94 valence electrons. The Labute approximate surface area is 99.0 Å². The summed E-state index contributed by atoms with van der Waals surface area (Å²) in [5.41, 5.74) is 0.0885. The summed E-state index contributed by atoms with van der Waals surface area (Å²) in [4.78, 5) is 19.9. The van der Waals surface area contributed by atoms with E-state index in [2.05, 4.69) is 9.97 Å². The quantitative estimate of drug-likeness (QED) is 0.732. The van der Waals surface area contributed by atoms with Crippen LogP contribution in [-0.2, 0) is 21.1 Å². The molecule has 0 bridgehead atoms. The third-order valence-corrected chi connectivity index (χ3v) is 2.96. The average Bonchev–Trinajstić information content (AvgIpc) is 2.15. The normalized spacial score (nSPS) is 11.2. The number of nitrogens with zero attached hydrogens (tertiary/aromatic N) is 3. The number of carbonyl (C=O) groups is 1. The number of carboxylic acid groups (broad SMARTS) is 1. The summed E-state index contributed by atoms with van der Waals surface area (Å²) in [6.45, 7) is 0. The zero-order chi connectivity index (χ0) is 13.2. The van der Waals surface area contributed by atoms with Crippen LogP contribution in [0.25, 0.3) is 0 Å². The van der Waals surface area contributed by atoms with Crippen LogP contribution >= 0.6 is 0 Å². The van der Waals surface area contributed by atoms with E-state index in [1.54, 1.807) is 19.0 Å². The van der Waals surface area contributed by atoms with Crippen LogP contribution in [0.1, 0.15) is 5.56 Å². The minimum Gasteiger partial charge on any atom is -0.481 e. The minimum atomic E-state index is -3.58. The van der Waals surface area contributed by atoms with E-state index < -0.39 is 22.2 Å². The molecule has 0 atom stereocenters. The van der Waals surface area contributed by atoms with Gasteiger partial charge < -0.3 is 10.0 Å². The number of rotatable bonds is 4. The largest absolute Gasteiger partial charge is 0.481 e. The monoisotopic (exact) mass is 259 g/mol. The molecule has 0 amide bonds. The Morgan fingerprint density at radius 3 is 2.47 bits per heavy atom. The van der Waals surface area contributed by atoms with Gasteiger partial charge in [0.05, 0.1) is 6.42 Å². The van der Waals surface area contributed by atoms with Gasteiger partial charge in [-0.05, 0) is 0 Å². The van der Waals surface area contributed by atoms with E-state index in [0.717, 1.165) is 6.26 Å². The lowest BCUT2D eigenvalue weighted by molar-refractivity contribution is -0.136. The summed E-state index contributed by atoms with van der Waals surface area (Å²) < 4.78 is 23.0. The third kappa shape index (κ3) is 3.38. The van der Waals surface area contributed by atoms with E-state index in [-0.39, 0.29) is 16.5 Å². The van der Waals surface area contributed by atoms with Crippen molar-refractivity contribution >= 4 is 21.8 Å². The predicted molar refractivity (Wildman–Crippen MR) is 60.8 cm³/mol. The van der Waals surface area contributed by atoms with Gasteiger partial charge in [0.2, 0.25) is 5.95 Å². The Morgan fingerprint density at radius 2 is 2.06 bits per heavy atom. The molecule has 0 aliphatic heterocycles. The maximum absolute atomic E-state index is 11.5. The summed E-state index contributed by atoms with van der Waals surface area (Å²) in [6.07, 6.45) is 1.79. The van der Waals surface area contributed by atoms with Crippen molar-refractivity contribution < 1.29 is 18.3 Å². The number of aromatic nitrogens is 2. The SMILES string of the molecule is CN(C)c1ncc(CC(=O)O)c(S(C)(=O)=O)n1. The van der Waals surface area contributed by atoms with Crippen molar-refractivity contribution in [1.82, 2.24) is 9.97 Å².